The smallest absolute Gasteiger partial charge is 0.0809 e. The molecule has 1 heterocycles. The molecule has 0 radical (unpaired) electrons. The summed E-state index contributed by atoms with van der Waals surface area (Å²) in [5.41, 5.74) is 5.93. The van der Waals surface area contributed by atoms with Crippen LogP contribution in [0.15, 0.2) is 0 Å². The van der Waals surface area contributed by atoms with E-state index in [1.165, 1.54) is 32.1 Å². The molecule has 0 amide bonds. The molecule has 1 atom stereocenters. The number of nitrogens with two attached hydrogens (primary N) is 1. The fourth-order valence-electron chi connectivity index (χ4n) is 3.35. The molecular weight excluding hydrogens is 226 g/mol. The third kappa shape index (κ3) is 3.69. The lowest BCUT2D eigenvalue weighted by Gasteiger charge is -2.40. The minimum absolute atomic E-state index is 0.0454. The van der Waals surface area contributed by atoms with Crippen LogP contribution in [0.3, 0.4) is 0 Å². The summed E-state index contributed by atoms with van der Waals surface area (Å²) in [4.78, 5) is 0. The molecule has 2 rings (SSSR count). The molecule has 0 aromatic carbocycles. The van der Waals surface area contributed by atoms with E-state index in [4.69, 9.17) is 15.2 Å². The lowest BCUT2D eigenvalue weighted by Crippen LogP contribution is -2.45. The summed E-state index contributed by atoms with van der Waals surface area (Å²) in [6.45, 7) is 4.59. The van der Waals surface area contributed by atoms with Crippen molar-refractivity contribution in [3.63, 3.8) is 0 Å². The molecule has 1 unspecified atom stereocenters. The van der Waals surface area contributed by atoms with E-state index in [1.807, 2.05) is 0 Å². The summed E-state index contributed by atoms with van der Waals surface area (Å²) >= 11 is 0. The average Bonchev–Trinajstić information content (AvgIpc) is 2.92. The van der Waals surface area contributed by atoms with Crippen molar-refractivity contribution in [2.45, 2.75) is 70.0 Å². The summed E-state index contributed by atoms with van der Waals surface area (Å²) in [6.07, 6.45) is 10.2. The molecule has 1 aliphatic heterocycles. The molecule has 0 spiro atoms. The SMILES string of the molecule is CCCC1CCC(CN)(OCC2CCCO2)CC1. The Kier molecular flexibility index (Phi) is 5.46. The van der Waals surface area contributed by atoms with E-state index in [9.17, 15) is 0 Å². The Morgan fingerprint density at radius 2 is 2.06 bits per heavy atom. The second-order valence-electron chi connectivity index (χ2n) is 6.07. The van der Waals surface area contributed by atoms with E-state index in [0.717, 1.165) is 38.4 Å². The summed E-state index contributed by atoms with van der Waals surface area (Å²) in [7, 11) is 0. The summed E-state index contributed by atoms with van der Waals surface area (Å²) in [5.74, 6) is 0.904. The molecule has 18 heavy (non-hydrogen) atoms. The van der Waals surface area contributed by atoms with Gasteiger partial charge in [0.05, 0.1) is 18.3 Å². The number of rotatable bonds is 6. The van der Waals surface area contributed by atoms with Gasteiger partial charge in [0, 0.05) is 13.2 Å². The van der Waals surface area contributed by atoms with Crippen molar-refractivity contribution in [3.8, 4) is 0 Å². The Labute approximate surface area is 111 Å². The molecule has 2 fully saturated rings. The Morgan fingerprint density at radius 1 is 1.28 bits per heavy atom. The molecule has 0 bridgehead atoms. The number of ether oxygens (including phenoxy) is 2. The van der Waals surface area contributed by atoms with Gasteiger partial charge in [-0.15, -0.1) is 0 Å². The van der Waals surface area contributed by atoms with Crippen LogP contribution in [0.1, 0.15) is 58.3 Å². The van der Waals surface area contributed by atoms with Crippen molar-refractivity contribution < 1.29 is 9.47 Å². The van der Waals surface area contributed by atoms with E-state index in [-0.39, 0.29) is 5.60 Å². The van der Waals surface area contributed by atoms with Crippen molar-refractivity contribution in [1.29, 1.82) is 0 Å². The number of hydrogen-bond acceptors (Lipinski definition) is 3. The van der Waals surface area contributed by atoms with Crippen molar-refractivity contribution in [2.24, 2.45) is 11.7 Å². The zero-order valence-corrected chi connectivity index (χ0v) is 11.8. The van der Waals surface area contributed by atoms with Gasteiger partial charge in [0.2, 0.25) is 0 Å². The van der Waals surface area contributed by atoms with Crippen LogP contribution >= 0.6 is 0 Å². The molecule has 1 saturated heterocycles. The standard InChI is InChI=1S/C15H29NO2/c1-2-4-13-6-8-15(12-16,9-7-13)18-11-14-5-3-10-17-14/h13-14H,2-12,16H2,1H3. The van der Waals surface area contributed by atoms with Gasteiger partial charge in [-0.25, -0.2) is 0 Å². The fraction of sp³-hybridized carbons (Fsp3) is 1.00. The molecule has 1 aliphatic carbocycles. The summed E-state index contributed by atoms with van der Waals surface area (Å²) in [6, 6.07) is 0. The maximum Gasteiger partial charge on any atom is 0.0809 e. The van der Waals surface area contributed by atoms with E-state index in [1.54, 1.807) is 0 Å². The quantitative estimate of drug-likeness (QED) is 0.793. The van der Waals surface area contributed by atoms with Crippen LogP contribution in [-0.4, -0.2) is 31.5 Å². The van der Waals surface area contributed by atoms with Gasteiger partial charge in [-0.2, -0.15) is 0 Å². The zero-order chi connectivity index (χ0) is 12.8. The summed E-state index contributed by atoms with van der Waals surface area (Å²) < 4.78 is 11.8. The Morgan fingerprint density at radius 3 is 2.61 bits per heavy atom. The minimum Gasteiger partial charge on any atom is -0.376 e. The van der Waals surface area contributed by atoms with E-state index in [0.29, 0.717) is 12.6 Å². The first-order chi connectivity index (χ1) is 8.78. The highest BCUT2D eigenvalue weighted by Gasteiger charge is 2.35. The molecule has 2 aliphatic rings. The second-order valence-corrected chi connectivity index (χ2v) is 6.07. The van der Waals surface area contributed by atoms with Crippen molar-refractivity contribution in [1.82, 2.24) is 0 Å². The van der Waals surface area contributed by atoms with E-state index >= 15 is 0 Å². The van der Waals surface area contributed by atoms with Gasteiger partial charge >= 0.3 is 0 Å². The monoisotopic (exact) mass is 255 g/mol. The third-order valence-corrected chi connectivity index (χ3v) is 4.68. The molecule has 0 aromatic heterocycles. The number of hydrogen-bond donors (Lipinski definition) is 1. The lowest BCUT2D eigenvalue weighted by molar-refractivity contribution is -0.102. The topological polar surface area (TPSA) is 44.5 Å². The molecule has 1 saturated carbocycles. The molecule has 2 N–H and O–H groups in total. The molecule has 3 heteroatoms. The van der Waals surface area contributed by atoms with Crippen LogP contribution in [0.5, 0.6) is 0 Å². The molecule has 0 aromatic rings. The van der Waals surface area contributed by atoms with Crippen LogP contribution in [0.25, 0.3) is 0 Å². The van der Waals surface area contributed by atoms with Gasteiger partial charge < -0.3 is 15.2 Å². The van der Waals surface area contributed by atoms with Crippen LogP contribution in [0.4, 0.5) is 0 Å². The molecule has 106 valence electrons. The van der Waals surface area contributed by atoms with Gasteiger partial charge in [0.15, 0.2) is 0 Å². The second kappa shape index (κ2) is 6.88. The van der Waals surface area contributed by atoms with E-state index in [2.05, 4.69) is 6.92 Å². The van der Waals surface area contributed by atoms with Gasteiger partial charge in [-0.05, 0) is 44.4 Å². The lowest BCUT2D eigenvalue weighted by atomic mass is 9.77. The Hall–Kier alpha value is -0.120. The first-order valence-corrected chi connectivity index (χ1v) is 7.73. The van der Waals surface area contributed by atoms with Crippen LogP contribution in [-0.2, 0) is 9.47 Å². The van der Waals surface area contributed by atoms with Crippen molar-refractivity contribution in [2.75, 3.05) is 19.8 Å². The zero-order valence-electron chi connectivity index (χ0n) is 11.8. The van der Waals surface area contributed by atoms with Gasteiger partial charge in [-0.3, -0.25) is 0 Å². The van der Waals surface area contributed by atoms with Gasteiger partial charge in [-0.1, -0.05) is 19.8 Å². The summed E-state index contributed by atoms with van der Waals surface area (Å²) in [5, 5.41) is 0. The predicted octanol–water partition coefficient (Wildman–Crippen LogP) is 2.87. The molecular formula is C15H29NO2. The van der Waals surface area contributed by atoms with Crippen molar-refractivity contribution in [3.05, 3.63) is 0 Å². The van der Waals surface area contributed by atoms with Gasteiger partial charge in [0.25, 0.3) is 0 Å². The fourth-order valence-corrected chi connectivity index (χ4v) is 3.35. The third-order valence-electron chi connectivity index (χ3n) is 4.68. The average molecular weight is 255 g/mol. The van der Waals surface area contributed by atoms with Crippen molar-refractivity contribution >= 4 is 0 Å². The normalized spacial score (nSPS) is 37.0. The Balaban J connectivity index is 1.76. The highest BCUT2D eigenvalue weighted by Crippen LogP contribution is 2.36. The largest absolute Gasteiger partial charge is 0.376 e. The maximum absolute atomic E-state index is 6.18. The van der Waals surface area contributed by atoms with E-state index < -0.39 is 0 Å². The molecule has 3 nitrogen and oxygen atoms in total. The first-order valence-electron chi connectivity index (χ1n) is 7.73. The minimum atomic E-state index is -0.0454. The van der Waals surface area contributed by atoms with Crippen LogP contribution in [0.2, 0.25) is 0 Å². The predicted molar refractivity (Wildman–Crippen MR) is 73.6 cm³/mol. The highest BCUT2D eigenvalue weighted by molar-refractivity contribution is 4.88. The van der Waals surface area contributed by atoms with Crippen LogP contribution < -0.4 is 5.73 Å². The first kappa shape index (κ1) is 14.3. The maximum atomic E-state index is 6.18. The van der Waals surface area contributed by atoms with Crippen LogP contribution in [0, 0.1) is 5.92 Å². The van der Waals surface area contributed by atoms with Gasteiger partial charge in [0.1, 0.15) is 0 Å². The Bertz CT molecular complexity index is 231. The highest BCUT2D eigenvalue weighted by atomic mass is 16.5.